The Morgan fingerprint density at radius 2 is 2.21 bits per heavy atom. The Labute approximate surface area is 144 Å². The largest absolute Gasteiger partial charge is 0.338 e. The van der Waals surface area contributed by atoms with Crippen LogP contribution in [0.25, 0.3) is 11.0 Å². The molecule has 2 heterocycles. The summed E-state index contributed by atoms with van der Waals surface area (Å²) < 4.78 is 2.11. The van der Waals surface area contributed by atoms with Crippen molar-refractivity contribution < 1.29 is 4.79 Å². The lowest BCUT2D eigenvalue weighted by Gasteiger charge is -2.15. The number of urea groups is 1. The second-order valence-corrected chi connectivity index (χ2v) is 6.44. The predicted octanol–water partition coefficient (Wildman–Crippen LogP) is 3.33. The van der Waals surface area contributed by atoms with Crippen molar-refractivity contribution >= 4 is 28.4 Å². The van der Waals surface area contributed by atoms with E-state index in [9.17, 15) is 4.79 Å². The molecule has 0 unspecified atom stereocenters. The summed E-state index contributed by atoms with van der Waals surface area (Å²) in [6.45, 7) is 3.48. The van der Waals surface area contributed by atoms with Gasteiger partial charge in [-0.25, -0.2) is 14.8 Å². The van der Waals surface area contributed by atoms with E-state index in [1.807, 2.05) is 36.8 Å². The maximum Gasteiger partial charge on any atom is 0.315 e. The molecule has 24 heavy (non-hydrogen) atoms. The van der Waals surface area contributed by atoms with E-state index in [4.69, 9.17) is 0 Å². The van der Waals surface area contributed by atoms with Crippen LogP contribution in [0.15, 0.2) is 42.2 Å². The number of hydrogen-bond donors (Lipinski definition) is 2. The van der Waals surface area contributed by atoms with Crippen LogP contribution in [-0.4, -0.2) is 27.1 Å². The number of aromatic nitrogens is 3. The number of nitrogens with zero attached hydrogens (tertiary/aromatic N) is 3. The summed E-state index contributed by atoms with van der Waals surface area (Å²) in [5.74, 6) is 0. The van der Waals surface area contributed by atoms with E-state index in [-0.39, 0.29) is 12.1 Å². The first kappa shape index (κ1) is 16.4. The molecule has 0 aliphatic rings. The summed E-state index contributed by atoms with van der Waals surface area (Å²) >= 11 is 1.56. The number of fused-ring (bicyclic) bond motifs is 1. The number of imidazole rings is 1. The van der Waals surface area contributed by atoms with Gasteiger partial charge in [0.2, 0.25) is 0 Å². The lowest BCUT2D eigenvalue weighted by atomic mass is 10.2. The monoisotopic (exact) mass is 343 g/mol. The lowest BCUT2D eigenvalue weighted by Crippen LogP contribution is -2.38. The first-order valence-electron chi connectivity index (χ1n) is 8.11. The number of aryl methyl sites for hydroxylation is 1. The quantitative estimate of drug-likeness (QED) is 0.646. The Bertz CT molecular complexity index is 783. The van der Waals surface area contributed by atoms with Crippen LogP contribution in [0, 0.1) is 0 Å². The Hall–Kier alpha value is -2.41. The number of thiazole rings is 1. The Kier molecular flexibility index (Phi) is 5.43. The van der Waals surface area contributed by atoms with Gasteiger partial charge in [0.25, 0.3) is 0 Å². The number of carbonyl (C=O) groups excluding carboxylic acids is 1. The molecule has 1 atom stereocenters. The van der Waals surface area contributed by atoms with Crippen molar-refractivity contribution in [3.63, 3.8) is 0 Å². The van der Waals surface area contributed by atoms with E-state index < -0.39 is 0 Å². The SMILES string of the molecule is CC[C@H](NC(=O)NCCCn1cnc2ccccc21)c1nccs1. The highest BCUT2D eigenvalue weighted by atomic mass is 32.1. The molecular weight excluding hydrogens is 322 g/mol. The van der Waals surface area contributed by atoms with Crippen molar-refractivity contribution in [1.82, 2.24) is 25.2 Å². The molecule has 0 bridgehead atoms. The minimum absolute atomic E-state index is 0.0254. The molecule has 1 aromatic carbocycles. The van der Waals surface area contributed by atoms with Crippen LogP contribution < -0.4 is 10.6 Å². The third-order valence-corrected chi connectivity index (χ3v) is 4.74. The normalized spacial score (nSPS) is 12.2. The number of para-hydroxylation sites is 2. The zero-order valence-corrected chi connectivity index (χ0v) is 14.4. The highest BCUT2D eigenvalue weighted by molar-refractivity contribution is 7.09. The van der Waals surface area contributed by atoms with Gasteiger partial charge >= 0.3 is 6.03 Å². The van der Waals surface area contributed by atoms with E-state index >= 15 is 0 Å². The number of nitrogens with one attached hydrogen (secondary N) is 2. The zero-order valence-electron chi connectivity index (χ0n) is 13.6. The fourth-order valence-electron chi connectivity index (χ4n) is 2.59. The lowest BCUT2D eigenvalue weighted by molar-refractivity contribution is 0.236. The minimum Gasteiger partial charge on any atom is -0.338 e. The zero-order chi connectivity index (χ0) is 16.8. The molecule has 0 saturated carbocycles. The van der Waals surface area contributed by atoms with E-state index in [1.165, 1.54) is 0 Å². The van der Waals surface area contributed by atoms with Gasteiger partial charge in [0.15, 0.2) is 0 Å². The first-order valence-corrected chi connectivity index (χ1v) is 8.99. The van der Waals surface area contributed by atoms with Crippen molar-refractivity contribution in [2.75, 3.05) is 6.54 Å². The first-order chi connectivity index (χ1) is 11.8. The van der Waals surface area contributed by atoms with Crippen LogP contribution >= 0.6 is 11.3 Å². The maximum atomic E-state index is 12.0. The van der Waals surface area contributed by atoms with Crippen LogP contribution in [0.3, 0.4) is 0 Å². The fraction of sp³-hybridized carbons (Fsp3) is 0.353. The molecule has 2 aromatic heterocycles. The van der Waals surface area contributed by atoms with E-state index in [0.717, 1.165) is 35.4 Å². The third kappa shape index (κ3) is 3.91. The molecule has 0 aliphatic heterocycles. The Balaban J connectivity index is 1.44. The summed E-state index contributed by atoms with van der Waals surface area (Å²) in [6.07, 6.45) is 5.28. The second kappa shape index (κ2) is 7.92. The van der Waals surface area contributed by atoms with Crippen molar-refractivity contribution in [2.24, 2.45) is 0 Å². The smallest absolute Gasteiger partial charge is 0.315 e. The highest BCUT2D eigenvalue weighted by Crippen LogP contribution is 2.18. The number of benzene rings is 1. The molecule has 6 nitrogen and oxygen atoms in total. The molecule has 3 rings (SSSR count). The van der Waals surface area contributed by atoms with Gasteiger partial charge in [-0.05, 0) is 25.0 Å². The maximum absolute atomic E-state index is 12.0. The molecule has 2 N–H and O–H groups in total. The minimum atomic E-state index is -0.146. The molecule has 0 spiro atoms. The Morgan fingerprint density at radius 1 is 1.33 bits per heavy atom. The topological polar surface area (TPSA) is 71.8 Å². The summed E-state index contributed by atoms with van der Waals surface area (Å²) in [4.78, 5) is 20.7. The molecule has 2 amide bonds. The number of carbonyl (C=O) groups is 1. The van der Waals surface area contributed by atoms with Gasteiger partial charge in [-0.1, -0.05) is 19.1 Å². The van der Waals surface area contributed by atoms with Crippen LogP contribution in [0.5, 0.6) is 0 Å². The molecule has 7 heteroatoms. The highest BCUT2D eigenvalue weighted by Gasteiger charge is 2.14. The summed E-state index contributed by atoms with van der Waals surface area (Å²) in [5, 5.41) is 8.75. The molecule has 0 fully saturated rings. The van der Waals surface area contributed by atoms with E-state index in [0.29, 0.717) is 6.54 Å². The molecule has 0 radical (unpaired) electrons. The van der Waals surface area contributed by atoms with Crippen molar-refractivity contribution in [3.05, 3.63) is 47.2 Å². The van der Waals surface area contributed by atoms with Crippen molar-refractivity contribution in [1.29, 1.82) is 0 Å². The van der Waals surface area contributed by atoms with Crippen LogP contribution in [0.2, 0.25) is 0 Å². The fourth-order valence-corrected chi connectivity index (χ4v) is 3.37. The predicted molar refractivity (Wildman–Crippen MR) is 96.0 cm³/mol. The average molecular weight is 343 g/mol. The van der Waals surface area contributed by atoms with Gasteiger partial charge in [-0.2, -0.15) is 0 Å². The third-order valence-electron chi connectivity index (χ3n) is 3.85. The summed E-state index contributed by atoms with van der Waals surface area (Å²) in [5.41, 5.74) is 2.12. The van der Waals surface area contributed by atoms with Gasteiger partial charge in [-0.3, -0.25) is 0 Å². The number of hydrogen-bond acceptors (Lipinski definition) is 4. The molecule has 0 saturated heterocycles. The van der Waals surface area contributed by atoms with Gasteiger partial charge in [-0.15, -0.1) is 11.3 Å². The molecule has 3 aromatic rings. The van der Waals surface area contributed by atoms with E-state index in [1.54, 1.807) is 17.5 Å². The van der Waals surface area contributed by atoms with Gasteiger partial charge < -0.3 is 15.2 Å². The van der Waals surface area contributed by atoms with E-state index in [2.05, 4.69) is 31.2 Å². The van der Waals surface area contributed by atoms with Crippen LogP contribution in [0.1, 0.15) is 30.8 Å². The van der Waals surface area contributed by atoms with Crippen LogP contribution in [0.4, 0.5) is 4.79 Å². The standard InChI is InChI=1S/C17H21N5OS/c1-2-13(16-18-9-11-24-16)21-17(23)19-8-5-10-22-12-20-14-6-3-4-7-15(14)22/h3-4,6-7,9,11-13H,2,5,8,10H2,1H3,(H2,19,21,23)/t13-/m0/s1. The average Bonchev–Trinajstić information content (AvgIpc) is 3.26. The second-order valence-electron chi connectivity index (χ2n) is 5.51. The van der Waals surface area contributed by atoms with Gasteiger partial charge in [0.1, 0.15) is 5.01 Å². The van der Waals surface area contributed by atoms with Crippen molar-refractivity contribution in [3.8, 4) is 0 Å². The molecule has 0 aliphatic carbocycles. The number of rotatable bonds is 7. The Morgan fingerprint density at radius 3 is 3.00 bits per heavy atom. The molecular formula is C17H21N5OS. The van der Waals surface area contributed by atoms with Crippen molar-refractivity contribution in [2.45, 2.75) is 32.4 Å². The summed E-state index contributed by atoms with van der Waals surface area (Å²) in [6, 6.07) is 7.88. The van der Waals surface area contributed by atoms with Gasteiger partial charge in [0, 0.05) is 24.7 Å². The summed E-state index contributed by atoms with van der Waals surface area (Å²) in [7, 11) is 0. The number of amides is 2. The van der Waals surface area contributed by atoms with Gasteiger partial charge in [0.05, 0.1) is 23.4 Å². The molecule has 126 valence electrons. The van der Waals surface area contributed by atoms with Crippen LogP contribution in [-0.2, 0) is 6.54 Å².